The van der Waals surface area contributed by atoms with Gasteiger partial charge in [-0.1, -0.05) is 15.9 Å². The minimum atomic E-state index is -0.593. The van der Waals surface area contributed by atoms with Crippen LogP contribution in [0.1, 0.15) is 17.3 Å². The molecule has 0 bridgehead atoms. The van der Waals surface area contributed by atoms with E-state index in [9.17, 15) is 14.4 Å². The highest BCUT2D eigenvalue weighted by molar-refractivity contribution is 9.10. The molecule has 1 aromatic carbocycles. The Labute approximate surface area is 137 Å². The summed E-state index contributed by atoms with van der Waals surface area (Å²) in [4.78, 5) is 39.1. The molecule has 1 fully saturated rings. The zero-order valence-electron chi connectivity index (χ0n) is 12.6. The van der Waals surface area contributed by atoms with Crippen molar-refractivity contribution in [2.24, 2.45) is 0 Å². The number of rotatable bonds is 3. The van der Waals surface area contributed by atoms with Crippen molar-refractivity contribution < 1.29 is 19.3 Å². The summed E-state index contributed by atoms with van der Waals surface area (Å²) in [6, 6.07) is 4.89. The van der Waals surface area contributed by atoms with Gasteiger partial charge in [-0.3, -0.25) is 14.4 Å². The Morgan fingerprint density at radius 1 is 1.23 bits per heavy atom. The average molecular weight is 369 g/mol. The first kappa shape index (κ1) is 16.6. The van der Waals surface area contributed by atoms with Crippen molar-refractivity contribution in [1.29, 1.82) is 0 Å². The van der Waals surface area contributed by atoms with Gasteiger partial charge in [-0.05, 0) is 18.2 Å². The number of anilines is 1. The van der Waals surface area contributed by atoms with Crippen molar-refractivity contribution in [1.82, 2.24) is 4.90 Å². The zero-order valence-corrected chi connectivity index (χ0v) is 14.2. The van der Waals surface area contributed by atoms with Crippen LogP contribution in [0.5, 0.6) is 0 Å². The molecule has 2 N–H and O–H groups in total. The largest absolute Gasteiger partial charge is 0.334 e. The number of carbonyl (C=O) groups is 3. The first-order valence-electron chi connectivity index (χ1n) is 7.10. The molecule has 2 rings (SSSR count). The van der Waals surface area contributed by atoms with Crippen LogP contribution in [-0.2, 0) is 9.59 Å². The van der Waals surface area contributed by atoms with Gasteiger partial charge in [0.05, 0.1) is 44.5 Å². The topological polar surface area (TPSA) is 70.9 Å². The molecule has 7 heteroatoms. The van der Waals surface area contributed by atoms with Gasteiger partial charge in [0.1, 0.15) is 0 Å². The van der Waals surface area contributed by atoms with Crippen LogP contribution in [0.4, 0.5) is 5.69 Å². The number of piperazine rings is 1. The van der Waals surface area contributed by atoms with Gasteiger partial charge in [0.25, 0.3) is 11.7 Å². The van der Waals surface area contributed by atoms with E-state index in [0.29, 0.717) is 23.2 Å². The van der Waals surface area contributed by atoms with Gasteiger partial charge in [0.2, 0.25) is 5.91 Å². The minimum absolute atomic E-state index is 0.209. The van der Waals surface area contributed by atoms with Crippen LogP contribution in [-0.4, -0.2) is 55.7 Å². The molecule has 0 saturated carbocycles. The van der Waals surface area contributed by atoms with Gasteiger partial charge in [-0.15, -0.1) is 0 Å². The molecule has 2 amide bonds. The van der Waals surface area contributed by atoms with Crippen molar-refractivity contribution in [3.63, 3.8) is 0 Å². The maximum absolute atomic E-state index is 12.5. The summed E-state index contributed by atoms with van der Waals surface area (Å²) in [7, 11) is 2.06. The molecule has 0 aromatic heterocycles. The Kier molecular flexibility index (Phi) is 5.31. The van der Waals surface area contributed by atoms with Crippen molar-refractivity contribution in [3.05, 3.63) is 28.2 Å². The lowest BCUT2D eigenvalue weighted by atomic mass is 10.1. The fourth-order valence-electron chi connectivity index (χ4n) is 2.35. The van der Waals surface area contributed by atoms with Gasteiger partial charge in [-0.25, -0.2) is 0 Å². The van der Waals surface area contributed by atoms with E-state index in [1.165, 1.54) is 11.8 Å². The van der Waals surface area contributed by atoms with E-state index in [4.69, 9.17) is 0 Å². The Morgan fingerprint density at radius 2 is 1.86 bits per heavy atom. The Hall–Kier alpha value is -1.73. The summed E-state index contributed by atoms with van der Waals surface area (Å²) < 4.78 is 0.681. The molecule has 1 aromatic rings. The number of amides is 2. The van der Waals surface area contributed by atoms with Crippen LogP contribution < -0.4 is 10.2 Å². The normalized spacial score (nSPS) is 15.5. The number of nitrogens with zero attached hydrogens (tertiary/aromatic N) is 1. The number of hydrogen-bond donors (Lipinski definition) is 2. The molecule has 22 heavy (non-hydrogen) atoms. The van der Waals surface area contributed by atoms with Crippen LogP contribution in [0.3, 0.4) is 0 Å². The number of quaternary nitrogens is 1. The molecule has 1 heterocycles. The number of ketones is 1. The predicted octanol–water partition coefficient (Wildman–Crippen LogP) is -0.0529. The molecule has 0 unspecified atom stereocenters. The van der Waals surface area contributed by atoms with E-state index in [1.54, 1.807) is 23.1 Å². The van der Waals surface area contributed by atoms with Crippen LogP contribution in [0, 0.1) is 0 Å². The van der Waals surface area contributed by atoms with Gasteiger partial charge in [0, 0.05) is 11.4 Å². The zero-order chi connectivity index (χ0) is 16.3. The first-order chi connectivity index (χ1) is 10.4. The summed E-state index contributed by atoms with van der Waals surface area (Å²) in [5.74, 6) is -1.39. The van der Waals surface area contributed by atoms with E-state index in [0.717, 1.165) is 13.1 Å². The molecule has 0 atom stereocenters. The molecule has 0 spiro atoms. The number of nitrogens with one attached hydrogen (secondary N) is 2. The van der Waals surface area contributed by atoms with Crippen molar-refractivity contribution >= 4 is 39.2 Å². The lowest BCUT2D eigenvalue weighted by Gasteiger charge is -2.29. The quantitative estimate of drug-likeness (QED) is 0.580. The molecule has 1 saturated heterocycles. The third-order valence-electron chi connectivity index (χ3n) is 3.64. The lowest BCUT2D eigenvalue weighted by Crippen LogP contribution is -3.12. The smallest absolute Gasteiger partial charge is 0.295 e. The summed E-state index contributed by atoms with van der Waals surface area (Å²) in [5, 5.41) is 2.59. The van der Waals surface area contributed by atoms with E-state index in [2.05, 4.69) is 28.3 Å². The maximum Gasteiger partial charge on any atom is 0.295 e. The lowest BCUT2D eigenvalue weighted by molar-refractivity contribution is -0.883. The maximum atomic E-state index is 12.5. The summed E-state index contributed by atoms with van der Waals surface area (Å²) in [5.41, 5.74) is 0.564. The highest BCUT2D eigenvalue weighted by atomic mass is 79.9. The third-order valence-corrected chi connectivity index (χ3v) is 4.13. The van der Waals surface area contributed by atoms with Gasteiger partial charge < -0.3 is 15.1 Å². The Morgan fingerprint density at radius 3 is 2.45 bits per heavy atom. The van der Waals surface area contributed by atoms with Crippen LogP contribution in [0.2, 0.25) is 0 Å². The van der Waals surface area contributed by atoms with E-state index >= 15 is 0 Å². The van der Waals surface area contributed by atoms with Crippen molar-refractivity contribution in [3.8, 4) is 0 Å². The molecule has 1 aliphatic heterocycles. The fourth-order valence-corrected chi connectivity index (χ4v) is 2.71. The second kappa shape index (κ2) is 7.02. The first-order valence-corrected chi connectivity index (χ1v) is 7.90. The fraction of sp³-hybridized carbons (Fsp3) is 0.400. The van der Waals surface area contributed by atoms with Crippen LogP contribution >= 0.6 is 15.9 Å². The Balaban J connectivity index is 2.22. The number of halogens is 1. The second-order valence-corrected chi connectivity index (χ2v) is 6.37. The van der Waals surface area contributed by atoms with E-state index < -0.39 is 11.7 Å². The van der Waals surface area contributed by atoms with Gasteiger partial charge in [0.15, 0.2) is 0 Å². The second-order valence-electron chi connectivity index (χ2n) is 5.45. The summed E-state index contributed by atoms with van der Waals surface area (Å²) >= 11 is 3.29. The predicted molar refractivity (Wildman–Crippen MR) is 86.0 cm³/mol. The standard InChI is InChI=1S/C15H18BrN3O3/c1-10(20)17-13-4-3-11(16)9-12(13)14(21)15(22)19-7-5-18(2)6-8-19/h3-4,9H,5-8H2,1-2H3,(H,17,20)/p+1. The molecule has 0 aliphatic carbocycles. The highest BCUT2D eigenvalue weighted by Crippen LogP contribution is 2.22. The number of benzene rings is 1. The molecule has 6 nitrogen and oxygen atoms in total. The highest BCUT2D eigenvalue weighted by Gasteiger charge is 2.29. The number of Topliss-reactive ketones (excluding diaryl/α,β-unsaturated/α-hetero) is 1. The molecule has 118 valence electrons. The minimum Gasteiger partial charge on any atom is -0.334 e. The molecular formula is C15H19BrN3O3+. The number of carbonyl (C=O) groups excluding carboxylic acids is 3. The molecule has 1 aliphatic rings. The van der Waals surface area contributed by atoms with Crippen molar-refractivity contribution in [2.45, 2.75) is 6.92 Å². The van der Waals surface area contributed by atoms with Gasteiger partial charge in [-0.2, -0.15) is 0 Å². The number of likely N-dealkylation sites (N-methyl/N-ethyl adjacent to an activating group) is 1. The van der Waals surface area contributed by atoms with Crippen LogP contribution in [0.25, 0.3) is 0 Å². The molecular weight excluding hydrogens is 350 g/mol. The molecule has 0 radical (unpaired) electrons. The van der Waals surface area contributed by atoms with Crippen molar-refractivity contribution in [2.75, 3.05) is 38.5 Å². The monoisotopic (exact) mass is 368 g/mol. The average Bonchev–Trinajstić information content (AvgIpc) is 2.48. The number of hydrogen-bond acceptors (Lipinski definition) is 3. The Bertz CT molecular complexity index is 610. The summed E-state index contributed by atoms with van der Waals surface area (Å²) in [6.07, 6.45) is 0. The van der Waals surface area contributed by atoms with E-state index in [-0.39, 0.29) is 11.5 Å². The van der Waals surface area contributed by atoms with Gasteiger partial charge >= 0.3 is 0 Å². The summed E-state index contributed by atoms with van der Waals surface area (Å²) in [6.45, 7) is 4.16. The van der Waals surface area contributed by atoms with E-state index in [1.807, 2.05) is 0 Å². The SMILES string of the molecule is CC(=O)Nc1ccc(Br)cc1C(=O)C(=O)N1CC[NH+](C)CC1. The van der Waals surface area contributed by atoms with Crippen LogP contribution in [0.15, 0.2) is 22.7 Å². The third kappa shape index (κ3) is 3.92.